The summed E-state index contributed by atoms with van der Waals surface area (Å²) in [6, 6.07) is 20.9. The van der Waals surface area contributed by atoms with Crippen molar-refractivity contribution >= 4 is 23.2 Å². The van der Waals surface area contributed by atoms with Crippen molar-refractivity contribution in [2.75, 3.05) is 16.8 Å². The lowest BCUT2D eigenvalue weighted by Gasteiger charge is -2.30. The van der Waals surface area contributed by atoms with Crippen LogP contribution in [0.2, 0.25) is 0 Å². The van der Waals surface area contributed by atoms with Crippen LogP contribution in [0.5, 0.6) is 5.75 Å². The fraction of sp³-hybridized carbons (Fsp3) is 0.167. The van der Waals surface area contributed by atoms with Gasteiger partial charge in [-0.1, -0.05) is 47.5 Å². The zero-order valence-corrected chi connectivity index (χ0v) is 16.4. The second-order valence-electron chi connectivity index (χ2n) is 7.26. The number of nitrogens with zero attached hydrogens (tertiary/aromatic N) is 1. The molecule has 0 fully saturated rings. The molecule has 4 rings (SSSR count). The van der Waals surface area contributed by atoms with Crippen LogP contribution in [-0.2, 0) is 11.3 Å². The summed E-state index contributed by atoms with van der Waals surface area (Å²) in [5.41, 5.74) is 5.08. The predicted molar refractivity (Wildman–Crippen MR) is 113 cm³/mol. The smallest absolute Gasteiger partial charge is 0.265 e. The van der Waals surface area contributed by atoms with E-state index in [1.54, 1.807) is 29.2 Å². The predicted octanol–water partition coefficient (Wildman–Crippen LogP) is 4.48. The number of nitrogens with one attached hydrogen (secondary N) is 1. The molecule has 1 aliphatic rings. The molecular formula is C24H22N2O3. The number of benzene rings is 3. The van der Waals surface area contributed by atoms with Crippen LogP contribution in [0.3, 0.4) is 0 Å². The number of rotatable bonds is 4. The Balaban J connectivity index is 1.60. The van der Waals surface area contributed by atoms with Crippen LogP contribution >= 0.6 is 0 Å². The van der Waals surface area contributed by atoms with Crippen molar-refractivity contribution < 1.29 is 14.3 Å². The molecule has 0 bridgehead atoms. The van der Waals surface area contributed by atoms with E-state index in [9.17, 15) is 9.59 Å². The number of carbonyl (C=O) groups is 2. The maximum Gasteiger partial charge on any atom is 0.265 e. The normalized spacial score (nSPS) is 12.9. The first kappa shape index (κ1) is 18.7. The van der Waals surface area contributed by atoms with Gasteiger partial charge in [0, 0.05) is 11.3 Å². The zero-order chi connectivity index (χ0) is 20.4. The molecule has 0 spiro atoms. The third-order valence-electron chi connectivity index (χ3n) is 4.90. The summed E-state index contributed by atoms with van der Waals surface area (Å²) < 4.78 is 5.58. The van der Waals surface area contributed by atoms with Crippen LogP contribution in [0.4, 0.5) is 11.4 Å². The highest BCUT2D eigenvalue weighted by molar-refractivity contribution is 6.05. The van der Waals surface area contributed by atoms with Crippen LogP contribution in [0.15, 0.2) is 66.7 Å². The van der Waals surface area contributed by atoms with Crippen LogP contribution in [-0.4, -0.2) is 18.4 Å². The van der Waals surface area contributed by atoms with Crippen molar-refractivity contribution in [1.82, 2.24) is 0 Å². The molecule has 1 N–H and O–H groups in total. The maximum absolute atomic E-state index is 12.6. The SMILES string of the molecule is Cc1ccc(CN2C(=O)COc3ccc(NC(=O)c4cccc(C)c4)cc32)cc1. The monoisotopic (exact) mass is 386 g/mol. The molecule has 5 heteroatoms. The van der Waals surface area contributed by atoms with Crippen molar-refractivity contribution in [2.24, 2.45) is 0 Å². The van der Waals surface area contributed by atoms with Crippen LogP contribution in [0.25, 0.3) is 0 Å². The lowest BCUT2D eigenvalue weighted by atomic mass is 10.1. The van der Waals surface area contributed by atoms with Gasteiger partial charge in [0.05, 0.1) is 12.2 Å². The number of anilines is 2. The first-order valence-corrected chi connectivity index (χ1v) is 9.50. The van der Waals surface area contributed by atoms with Gasteiger partial charge < -0.3 is 15.0 Å². The van der Waals surface area contributed by atoms with Gasteiger partial charge in [0.1, 0.15) is 5.75 Å². The molecule has 1 heterocycles. The highest BCUT2D eigenvalue weighted by Crippen LogP contribution is 2.35. The van der Waals surface area contributed by atoms with E-state index in [0.29, 0.717) is 29.2 Å². The Kier molecular flexibility index (Phi) is 5.04. The summed E-state index contributed by atoms with van der Waals surface area (Å²) in [6.45, 7) is 4.43. The molecular weight excluding hydrogens is 364 g/mol. The van der Waals surface area contributed by atoms with E-state index in [0.717, 1.165) is 11.1 Å². The first-order valence-electron chi connectivity index (χ1n) is 9.50. The van der Waals surface area contributed by atoms with E-state index in [2.05, 4.69) is 5.32 Å². The number of ether oxygens (including phenoxy) is 1. The van der Waals surface area contributed by atoms with Crippen molar-refractivity contribution in [3.05, 3.63) is 89.0 Å². The maximum atomic E-state index is 12.6. The number of aryl methyl sites for hydroxylation is 2. The number of amides is 2. The topological polar surface area (TPSA) is 58.6 Å². The van der Waals surface area contributed by atoms with Gasteiger partial charge in [-0.05, 0) is 49.7 Å². The summed E-state index contributed by atoms with van der Waals surface area (Å²) in [7, 11) is 0. The van der Waals surface area contributed by atoms with Gasteiger partial charge in [-0.25, -0.2) is 0 Å². The summed E-state index contributed by atoms with van der Waals surface area (Å²) in [6.07, 6.45) is 0. The Bertz CT molecular complexity index is 1070. The van der Waals surface area contributed by atoms with Crippen molar-refractivity contribution in [3.8, 4) is 5.75 Å². The average Bonchev–Trinajstić information content (AvgIpc) is 2.71. The Labute approximate surface area is 169 Å². The van der Waals surface area contributed by atoms with Gasteiger partial charge in [-0.15, -0.1) is 0 Å². The molecule has 0 saturated carbocycles. The molecule has 0 saturated heterocycles. The molecule has 0 radical (unpaired) electrons. The minimum Gasteiger partial charge on any atom is -0.482 e. The van der Waals surface area contributed by atoms with E-state index in [1.807, 2.05) is 56.3 Å². The lowest BCUT2D eigenvalue weighted by molar-refractivity contribution is -0.121. The Morgan fingerprint density at radius 1 is 1.00 bits per heavy atom. The molecule has 29 heavy (non-hydrogen) atoms. The van der Waals surface area contributed by atoms with E-state index in [1.165, 1.54) is 5.56 Å². The number of fused-ring (bicyclic) bond motifs is 1. The molecule has 0 unspecified atom stereocenters. The molecule has 1 aliphatic heterocycles. The van der Waals surface area contributed by atoms with Gasteiger partial charge in [0.15, 0.2) is 6.61 Å². The quantitative estimate of drug-likeness (QED) is 0.719. The van der Waals surface area contributed by atoms with Crippen molar-refractivity contribution in [2.45, 2.75) is 20.4 Å². The zero-order valence-electron chi connectivity index (χ0n) is 16.4. The third-order valence-corrected chi connectivity index (χ3v) is 4.90. The van der Waals surface area contributed by atoms with E-state index in [4.69, 9.17) is 4.74 Å². The standard InChI is InChI=1S/C24H22N2O3/c1-16-6-8-18(9-7-16)14-26-21-13-20(10-11-22(21)29-15-23(26)27)25-24(28)19-5-3-4-17(2)12-19/h3-13H,14-15H2,1-2H3,(H,25,28). The summed E-state index contributed by atoms with van der Waals surface area (Å²) in [5.74, 6) is 0.326. The van der Waals surface area contributed by atoms with E-state index < -0.39 is 0 Å². The minimum atomic E-state index is -0.193. The van der Waals surface area contributed by atoms with E-state index >= 15 is 0 Å². The average molecular weight is 386 g/mol. The van der Waals surface area contributed by atoms with Gasteiger partial charge in [-0.3, -0.25) is 9.59 Å². The Morgan fingerprint density at radius 3 is 2.55 bits per heavy atom. The van der Waals surface area contributed by atoms with Gasteiger partial charge in [0.25, 0.3) is 11.8 Å². The minimum absolute atomic E-state index is 0.00780. The van der Waals surface area contributed by atoms with Crippen LogP contribution in [0, 0.1) is 13.8 Å². The molecule has 3 aromatic carbocycles. The van der Waals surface area contributed by atoms with Gasteiger partial charge >= 0.3 is 0 Å². The van der Waals surface area contributed by atoms with Crippen LogP contribution in [0.1, 0.15) is 27.0 Å². The van der Waals surface area contributed by atoms with Gasteiger partial charge in [0.2, 0.25) is 0 Å². The summed E-state index contributed by atoms with van der Waals surface area (Å²) in [4.78, 5) is 26.8. The second kappa shape index (κ2) is 7.80. The molecule has 2 amide bonds. The fourth-order valence-corrected chi connectivity index (χ4v) is 3.32. The highest BCUT2D eigenvalue weighted by atomic mass is 16.5. The fourth-order valence-electron chi connectivity index (χ4n) is 3.32. The molecule has 3 aromatic rings. The molecule has 0 atom stereocenters. The first-order chi connectivity index (χ1) is 14.0. The molecule has 0 aromatic heterocycles. The largest absolute Gasteiger partial charge is 0.482 e. The van der Waals surface area contributed by atoms with E-state index in [-0.39, 0.29) is 18.4 Å². The number of hydrogen-bond acceptors (Lipinski definition) is 3. The third kappa shape index (κ3) is 4.14. The molecule has 0 aliphatic carbocycles. The van der Waals surface area contributed by atoms with Crippen LogP contribution < -0.4 is 15.0 Å². The molecule has 146 valence electrons. The summed E-state index contributed by atoms with van der Waals surface area (Å²) >= 11 is 0. The van der Waals surface area contributed by atoms with Crippen molar-refractivity contribution in [3.63, 3.8) is 0 Å². The number of hydrogen-bond donors (Lipinski definition) is 1. The second-order valence-corrected chi connectivity index (χ2v) is 7.26. The Hall–Kier alpha value is -3.60. The Morgan fingerprint density at radius 2 is 1.79 bits per heavy atom. The lowest BCUT2D eigenvalue weighted by Crippen LogP contribution is -2.38. The highest BCUT2D eigenvalue weighted by Gasteiger charge is 2.26. The van der Waals surface area contributed by atoms with Crippen molar-refractivity contribution in [1.29, 1.82) is 0 Å². The number of carbonyl (C=O) groups excluding carboxylic acids is 2. The molecule has 5 nitrogen and oxygen atoms in total. The van der Waals surface area contributed by atoms with Gasteiger partial charge in [-0.2, -0.15) is 0 Å². The summed E-state index contributed by atoms with van der Waals surface area (Å²) in [5, 5.41) is 2.91.